The molecule has 9 heteroatoms. The Morgan fingerprint density at radius 1 is 1.10 bits per heavy atom. The highest BCUT2D eigenvalue weighted by Gasteiger charge is 2.31. The van der Waals surface area contributed by atoms with E-state index in [1.807, 2.05) is 4.57 Å². The highest BCUT2D eigenvalue weighted by molar-refractivity contribution is 6.05. The number of benzene rings is 1. The molecule has 0 bridgehead atoms. The van der Waals surface area contributed by atoms with Crippen LogP contribution in [0.25, 0.3) is 0 Å². The molecule has 2 aliphatic heterocycles. The number of imidazole rings is 1. The van der Waals surface area contributed by atoms with Gasteiger partial charge in [-0.2, -0.15) is 0 Å². The van der Waals surface area contributed by atoms with Crippen molar-refractivity contribution in [1.82, 2.24) is 19.4 Å². The summed E-state index contributed by atoms with van der Waals surface area (Å²) in [4.78, 5) is 44.5. The quantitative estimate of drug-likeness (QED) is 0.790. The van der Waals surface area contributed by atoms with E-state index in [9.17, 15) is 18.8 Å². The van der Waals surface area contributed by atoms with Gasteiger partial charge in [-0.1, -0.05) is 6.07 Å². The molecular formula is C20H22FN5O3. The number of nitrogens with one attached hydrogen (secondary N) is 1. The van der Waals surface area contributed by atoms with Gasteiger partial charge in [0.15, 0.2) is 11.5 Å². The van der Waals surface area contributed by atoms with Crippen molar-refractivity contribution in [2.75, 3.05) is 31.5 Å². The molecule has 0 spiro atoms. The van der Waals surface area contributed by atoms with E-state index in [0.717, 1.165) is 24.9 Å². The molecule has 1 aromatic carbocycles. The average Bonchev–Trinajstić information content (AvgIpc) is 3.13. The Morgan fingerprint density at radius 2 is 1.90 bits per heavy atom. The van der Waals surface area contributed by atoms with E-state index in [1.54, 1.807) is 15.9 Å². The van der Waals surface area contributed by atoms with Gasteiger partial charge in [0, 0.05) is 38.4 Å². The predicted molar refractivity (Wildman–Crippen MR) is 103 cm³/mol. The summed E-state index contributed by atoms with van der Waals surface area (Å²) >= 11 is 0. The summed E-state index contributed by atoms with van der Waals surface area (Å²) in [5.74, 6) is -0.877. The van der Waals surface area contributed by atoms with E-state index < -0.39 is 11.7 Å². The second kappa shape index (κ2) is 8.02. The number of rotatable bonds is 4. The van der Waals surface area contributed by atoms with Crippen molar-refractivity contribution in [1.29, 1.82) is 0 Å². The lowest BCUT2D eigenvalue weighted by Crippen LogP contribution is -2.48. The van der Waals surface area contributed by atoms with Gasteiger partial charge < -0.3 is 19.7 Å². The number of nitrogens with zero attached hydrogens (tertiary/aromatic N) is 4. The molecule has 1 aromatic heterocycles. The fourth-order valence-corrected chi connectivity index (χ4v) is 3.82. The van der Waals surface area contributed by atoms with E-state index in [-0.39, 0.29) is 17.4 Å². The zero-order valence-corrected chi connectivity index (χ0v) is 15.9. The number of hydrogen-bond donors (Lipinski definition) is 1. The fraction of sp³-hybridized carbons (Fsp3) is 0.400. The Hall–Kier alpha value is -3.23. The molecule has 3 heterocycles. The number of hydrogen-bond acceptors (Lipinski definition) is 4. The smallest absolute Gasteiger partial charge is 0.290 e. The number of carbonyl (C=O) groups is 3. The Bertz CT molecular complexity index is 950. The molecule has 0 saturated carbocycles. The van der Waals surface area contributed by atoms with Crippen LogP contribution < -0.4 is 5.32 Å². The second-order valence-electron chi connectivity index (χ2n) is 7.24. The Morgan fingerprint density at radius 3 is 2.62 bits per heavy atom. The first-order chi connectivity index (χ1) is 14.1. The monoisotopic (exact) mass is 399 g/mol. The molecule has 4 rings (SSSR count). The van der Waals surface area contributed by atoms with Crippen molar-refractivity contribution < 1.29 is 18.8 Å². The molecule has 0 aliphatic carbocycles. The van der Waals surface area contributed by atoms with Crippen LogP contribution in [0.1, 0.15) is 39.6 Å². The molecule has 0 radical (unpaired) electrons. The normalized spacial score (nSPS) is 16.3. The average molecular weight is 399 g/mol. The third kappa shape index (κ3) is 3.85. The van der Waals surface area contributed by atoms with E-state index in [0.29, 0.717) is 44.8 Å². The summed E-state index contributed by atoms with van der Waals surface area (Å²) < 4.78 is 15.2. The van der Waals surface area contributed by atoms with Crippen molar-refractivity contribution in [3.05, 3.63) is 47.3 Å². The first kappa shape index (κ1) is 19.1. The highest BCUT2D eigenvalue weighted by atomic mass is 19.1. The first-order valence-electron chi connectivity index (χ1n) is 9.72. The number of carbonyl (C=O) groups excluding carboxylic acids is 3. The summed E-state index contributed by atoms with van der Waals surface area (Å²) in [6.45, 7) is 2.46. The van der Waals surface area contributed by atoms with Crippen molar-refractivity contribution in [2.24, 2.45) is 0 Å². The van der Waals surface area contributed by atoms with Crippen LogP contribution in [0.2, 0.25) is 0 Å². The minimum absolute atomic E-state index is 0.212. The summed E-state index contributed by atoms with van der Waals surface area (Å²) in [5, 5.41) is 2.67. The van der Waals surface area contributed by atoms with Crippen LogP contribution in [-0.2, 0) is 17.8 Å². The van der Waals surface area contributed by atoms with Crippen LogP contribution >= 0.6 is 0 Å². The standard InChI is InChI=1S/C20H22FN5O3/c21-14-4-3-5-15(12-14)22-19(28)17-16-6-1-2-7-26(16)18(23-17)20(29)25-10-8-24(13-27)9-11-25/h3-5,12-13H,1-2,6-11H2,(H,22,28). The van der Waals surface area contributed by atoms with Crippen LogP contribution in [0.5, 0.6) is 0 Å². The maximum Gasteiger partial charge on any atom is 0.290 e. The molecular weight excluding hydrogens is 377 g/mol. The number of piperazine rings is 1. The summed E-state index contributed by atoms with van der Waals surface area (Å²) in [6, 6.07) is 5.65. The zero-order chi connectivity index (χ0) is 20.4. The van der Waals surface area contributed by atoms with Crippen LogP contribution in [0.3, 0.4) is 0 Å². The maximum absolute atomic E-state index is 13.4. The van der Waals surface area contributed by atoms with Gasteiger partial charge in [-0.15, -0.1) is 0 Å². The third-order valence-corrected chi connectivity index (χ3v) is 5.36. The molecule has 0 atom stereocenters. The summed E-state index contributed by atoms with van der Waals surface area (Å²) in [5.41, 5.74) is 1.29. The number of anilines is 1. The van der Waals surface area contributed by atoms with Crippen LogP contribution in [0, 0.1) is 5.82 Å². The molecule has 1 saturated heterocycles. The number of halogens is 1. The largest absolute Gasteiger partial charge is 0.342 e. The molecule has 1 N–H and O–H groups in total. The Labute approximate surface area is 167 Å². The Balaban J connectivity index is 1.59. The lowest BCUT2D eigenvalue weighted by molar-refractivity contribution is -0.119. The van der Waals surface area contributed by atoms with Crippen molar-refractivity contribution in [2.45, 2.75) is 25.8 Å². The molecule has 2 aliphatic rings. The minimum Gasteiger partial charge on any atom is -0.342 e. The lowest BCUT2D eigenvalue weighted by Gasteiger charge is -2.32. The fourth-order valence-electron chi connectivity index (χ4n) is 3.82. The van der Waals surface area contributed by atoms with Gasteiger partial charge >= 0.3 is 0 Å². The topological polar surface area (TPSA) is 87.5 Å². The van der Waals surface area contributed by atoms with Crippen molar-refractivity contribution in [3.63, 3.8) is 0 Å². The summed E-state index contributed by atoms with van der Waals surface area (Å²) in [6.07, 6.45) is 3.27. The van der Waals surface area contributed by atoms with E-state index in [2.05, 4.69) is 10.3 Å². The van der Waals surface area contributed by atoms with Crippen LogP contribution in [0.15, 0.2) is 24.3 Å². The SMILES string of the molecule is O=CN1CCN(C(=O)c2nc(C(=O)Nc3cccc(F)c3)c3n2CCCC3)CC1. The van der Waals surface area contributed by atoms with E-state index >= 15 is 0 Å². The van der Waals surface area contributed by atoms with E-state index in [4.69, 9.17) is 0 Å². The molecule has 8 nitrogen and oxygen atoms in total. The molecule has 3 amide bonds. The van der Waals surface area contributed by atoms with Gasteiger partial charge in [-0.25, -0.2) is 9.37 Å². The number of fused-ring (bicyclic) bond motifs is 1. The van der Waals surface area contributed by atoms with Gasteiger partial charge in [-0.05, 0) is 37.5 Å². The maximum atomic E-state index is 13.4. The zero-order valence-electron chi connectivity index (χ0n) is 15.9. The predicted octanol–water partition coefficient (Wildman–Crippen LogP) is 1.52. The van der Waals surface area contributed by atoms with Crippen LogP contribution in [-0.4, -0.2) is 63.8 Å². The second-order valence-corrected chi connectivity index (χ2v) is 7.24. The van der Waals surface area contributed by atoms with Gasteiger partial charge in [0.25, 0.3) is 11.8 Å². The molecule has 2 aromatic rings. The van der Waals surface area contributed by atoms with Crippen molar-refractivity contribution >= 4 is 23.9 Å². The van der Waals surface area contributed by atoms with Crippen LogP contribution in [0.4, 0.5) is 10.1 Å². The van der Waals surface area contributed by atoms with Gasteiger partial charge in [0.2, 0.25) is 6.41 Å². The lowest BCUT2D eigenvalue weighted by atomic mass is 10.1. The minimum atomic E-state index is -0.453. The van der Waals surface area contributed by atoms with E-state index in [1.165, 1.54) is 18.2 Å². The van der Waals surface area contributed by atoms with Gasteiger partial charge in [0.05, 0.1) is 5.69 Å². The van der Waals surface area contributed by atoms with Gasteiger partial charge in [0.1, 0.15) is 5.82 Å². The molecule has 29 heavy (non-hydrogen) atoms. The molecule has 0 unspecified atom stereocenters. The van der Waals surface area contributed by atoms with Gasteiger partial charge in [-0.3, -0.25) is 14.4 Å². The van der Waals surface area contributed by atoms with Crippen molar-refractivity contribution in [3.8, 4) is 0 Å². The number of aromatic nitrogens is 2. The third-order valence-electron chi connectivity index (χ3n) is 5.36. The highest BCUT2D eigenvalue weighted by Crippen LogP contribution is 2.23. The first-order valence-corrected chi connectivity index (χ1v) is 9.72. The molecule has 152 valence electrons. The number of amides is 3. The molecule has 1 fully saturated rings. The Kier molecular flexibility index (Phi) is 5.28. The summed E-state index contributed by atoms with van der Waals surface area (Å²) in [7, 11) is 0.